The molecule has 6 nitrogen and oxygen atoms in total. The highest BCUT2D eigenvalue weighted by atomic mass is 32.2. The van der Waals surface area contributed by atoms with Crippen LogP contribution in [0.4, 0.5) is 0 Å². The molecule has 1 aromatic heterocycles. The average Bonchev–Trinajstić information content (AvgIpc) is 3.50. The highest BCUT2D eigenvalue weighted by Gasteiger charge is 2.37. The van der Waals surface area contributed by atoms with Crippen molar-refractivity contribution in [2.45, 2.75) is 30.6 Å². The van der Waals surface area contributed by atoms with Crippen LogP contribution >= 0.6 is 0 Å². The summed E-state index contributed by atoms with van der Waals surface area (Å²) in [4.78, 5) is 12.8. The van der Waals surface area contributed by atoms with Crippen LogP contribution in [0.3, 0.4) is 0 Å². The Morgan fingerprint density at radius 3 is 2.61 bits per heavy atom. The van der Waals surface area contributed by atoms with Crippen LogP contribution in [-0.4, -0.2) is 31.1 Å². The lowest BCUT2D eigenvalue weighted by molar-refractivity contribution is -0.121. The molecule has 0 spiro atoms. The fourth-order valence-electron chi connectivity index (χ4n) is 3.49. The van der Waals surface area contributed by atoms with Crippen molar-refractivity contribution in [2.24, 2.45) is 0 Å². The van der Waals surface area contributed by atoms with Crippen molar-refractivity contribution in [3.8, 4) is 5.75 Å². The molecule has 0 amide bonds. The number of carbonyl (C=O) groups excluding carboxylic acids is 1. The van der Waals surface area contributed by atoms with Crippen molar-refractivity contribution in [1.82, 2.24) is 4.31 Å². The molecule has 0 radical (unpaired) electrons. The highest BCUT2D eigenvalue weighted by Crippen LogP contribution is 2.24. The first-order valence-corrected chi connectivity index (χ1v) is 11.5. The summed E-state index contributed by atoms with van der Waals surface area (Å²) in [5.41, 5.74) is 2.04. The number of hydrogen-bond donors (Lipinski definition) is 0. The van der Waals surface area contributed by atoms with Crippen molar-refractivity contribution in [2.75, 3.05) is 6.54 Å². The van der Waals surface area contributed by atoms with Gasteiger partial charge in [0, 0.05) is 13.0 Å². The minimum atomic E-state index is -3.85. The van der Waals surface area contributed by atoms with E-state index >= 15 is 0 Å². The van der Waals surface area contributed by atoms with Gasteiger partial charge in [0.1, 0.15) is 18.4 Å². The first-order chi connectivity index (χ1) is 15.0. The predicted octanol–water partition coefficient (Wildman–Crippen LogP) is 3.99. The molecule has 0 bridgehead atoms. The summed E-state index contributed by atoms with van der Waals surface area (Å²) in [5, 5.41) is -0.155. The van der Waals surface area contributed by atoms with Crippen LogP contribution in [0.15, 0.2) is 94.7 Å². The van der Waals surface area contributed by atoms with Gasteiger partial charge in [-0.1, -0.05) is 54.6 Å². The predicted molar refractivity (Wildman–Crippen MR) is 116 cm³/mol. The Morgan fingerprint density at radius 1 is 1.03 bits per heavy atom. The van der Waals surface area contributed by atoms with E-state index in [1.807, 2.05) is 54.6 Å². The van der Waals surface area contributed by atoms with Gasteiger partial charge in [-0.05, 0) is 41.8 Å². The van der Waals surface area contributed by atoms with Crippen LogP contribution in [0.1, 0.15) is 17.5 Å². The molecule has 0 unspecified atom stereocenters. The second-order valence-electron chi connectivity index (χ2n) is 7.27. The van der Waals surface area contributed by atoms with E-state index in [0.29, 0.717) is 13.0 Å². The smallest absolute Gasteiger partial charge is 0.277 e. The summed E-state index contributed by atoms with van der Waals surface area (Å²) in [6.07, 6.45) is 5.37. The number of hydrogen-bond acceptors (Lipinski definition) is 5. The van der Waals surface area contributed by atoms with Gasteiger partial charge in [0.2, 0.25) is 5.09 Å². The molecule has 0 fully saturated rings. The molecule has 0 saturated heterocycles. The van der Waals surface area contributed by atoms with Crippen LogP contribution in [0, 0.1) is 0 Å². The van der Waals surface area contributed by atoms with E-state index in [1.165, 1.54) is 22.7 Å². The Hall–Kier alpha value is -3.16. The van der Waals surface area contributed by atoms with Gasteiger partial charge in [0.15, 0.2) is 5.78 Å². The number of ether oxygens (including phenoxy) is 1. The number of nitrogens with zero attached hydrogens (tertiary/aromatic N) is 1. The monoisotopic (exact) mass is 437 g/mol. The summed E-state index contributed by atoms with van der Waals surface area (Å²) in [5.74, 6) is 0.580. The molecule has 160 valence electrons. The lowest BCUT2D eigenvalue weighted by atomic mass is 10.0. The van der Waals surface area contributed by atoms with Crippen LogP contribution < -0.4 is 4.74 Å². The molecule has 0 N–H and O–H groups in total. The molecule has 0 saturated carbocycles. The van der Waals surface area contributed by atoms with E-state index in [0.717, 1.165) is 16.9 Å². The summed E-state index contributed by atoms with van der Waals surface area (Å²) in [6.45, 7) is 0.623. The van der Waals surface area contributed by atoms with E-state index in [-0.39, 0.29) is 23.8 Å². The Balaban J connectivity index is 1.36. The topological polar surface area (TPSA) is 76.8 Å². The average molecular weight is 438 g/mol. The van der Waals surface area contributed by atoms with E-state index in [4.69, 9.17) is 9.15 Å². The number of benzene rings is 2. The molecule has 1 atom stereocenters. The van der Waals surface area contributed by atoms with Gasteiger partial charge in [0.25, 0.3) is 10.0 Å². The minimum absolute atomic E-state index is 0.153. The molecule has 2 aromatic carbocycles. The number of carbonyl (C=O) groups is 1. The van der Waals surface area contributed by atoms with Crippen molar-refractivity contribution in [1.29, 1.82) is 0 Å². The molecular weight excluding hydrogens is 414 g/mol. The first kappa shape index (κ1) is 21.1. The zero-order valence-electron chi connectivity index (χ0n) is 16.9. The van der Waals surface area contributed by atoms with Crippen molar-refractivity contribution in [3.05, 3.63) is 96.3 Å². The van der Waals surface area contributed by atoms with Gasteiger partial charge >= 0.3 is 0 Å². The number of aryl methyl sites for hydroxylation is 1. The zero-order chi connectivity index (χ0) is 21.7. The summed E-state index contributed by atoms with van der Waals surface area (Å²) in [7, 11) is -3.85. The fraction of sp³-hybridized carbons (Fsp3) is 0.208. The van der Waals surface area contributed by atoms with Crippen LogP contribution in [0.25, 0.3) is 0 Å². The van der Waals surface area contributed by atoms with Gasteiger partial charge in [0.05, 0.1) is 6.26 Å². The number of Topliss-reactive ketones (excluding diaryl/α,β-unsaturated/α-hetero) is 1. The van der Waals surface area contributed by atoms with Gasteiger partial charge in [-0.15, -0.1) is 0 Å². The van der Waals surface area contributed by atoms with Crippen LogP contribution in [-0.2, 0) is 27.8 Å². The maximum absolute atomic E-state index is 12.8. The maximum Gasteiger partial charge on any atom is 0.277 e. The number of ketones is 1. The molecule has 7 heteroatoms. The lowest BCUT2D eigenvalue weighted by Crippen LogP contribution is -2.40. The van der Waals surface area contributed by atoms with Crippen molar-refractivity contribution in [3.63, 3.8) is 0 Å². The van der Waals surface area contributed by atoms with Crippen LogP contribution in [0.2, 0.25) is 0 Å². The summed E-state index contributed by atoms with van der Waals surface area (Å²) >= 11 is 0. The molecule has 2 heterocycles. The minimum Gasteiger partial charge on any atom is -0.489 e. The van der Waals surface area contributed by atoms with E-state index < -0.39 is 16.1 Å². The van der Waals surface area contributed by atoms with Gasteiger partial charge < -0.3 is 9.15 Å². The lowest BCUT2D eigenvalue weighted by Gasteiger charge is -2.21. The van der Waals surface area contributed by atoms with Crippen molar-refractivity contribution < 1.29 is 22.4 Å². The summed E-state index contributed by atoms with van der Waals surface area (Å²) in [6, 6.07) is 19.6. The maximum atomic E-state index is 12.8. The molecule has 4 rings (SSSR count). The third-order valence-electron chi connectivity index (χ3n) is 5.11. The molecule has 3 aromatic rings. The SMILES string of the molecule is O=C(CCc1cccc(OCc2ccccc2)c1)[C@@H]1C=CCN1S(=O)(=O)c1ccco1. The first-order valence-electron chi connectivity index (χ1n) is 10.0. The highest BCUT2D eigenvalue weighted by molar-refractivity contribution is 7.89. The standard InChI is InChI=1S/C24H23NO5S/c26-23(22-11-5-15-25(22)31(27,28)24-12-6-16-29-24)14-13-19-9-4-10-21(17-19)30-18-20-7-2-1-3-8-20/h1-12,16-17,22H,13-15,18H2/t22-/m0/s1. The Kier molecular flexibility index (Phi) is 6.34. The third kappa shape index (κ3) is 4.95. The summed E-state index contributed by atoms with van der Waals surface area (Å²) < 4.78 is 37.6. The fourth-order valence-corrected chi connectivity index (χ4v) is 4.92. The quantitative estimate of drug-likeness (QED) is 0.473. The molecular formula is C24H23NO5S. The van der Waals surface area contributed by atoms with Gasteiger partial charge in [-0.25, -0.2) is 8.42 Å². The number of sulfonamides is 1. The van der Waals surface area contributed by atoms with E-state index in [2.05, 4.69) is 0 Å². The van der Waals surface area contributed by atoms with Crippen molar-refractivity contribution >= 4 is 15.8 Å². The van der Waals surface area contributed by atoms with E-state index in [1.54, 1.807) is 12.2 Å². The Labute approximate surface area is 181 Å². The molecule has 1 aliphatic rings. The second-order valence-corrected chi connectivity index (χ2v) is 9.09. The Morgan fingerprint density at radius 2 is 1.84 bits per heavy atom. The normalized spacial score (nSPS) is 16.5. The van der Waals surface area contributed by atoms with E-state index in [9.17, 15) is 13.2 Å². The Bertz CT molecular complexity index is 1150. The third-order valence-corrected chi connectivity index (χ3v) is 6.84. The molecule has 0 aliphatic carbocycles. The molecule has 1 aliphatic heterocycles. The second kappa shape index (κ2) is 9.32. The van der Waals surface area contributed by atoms with Crippen LogP contribution in [0.5, 0.6) is 5.75 Å². The van der Waals surface area contributed by atoms with Gasteiger partial charge in [-0.2, -0.15) is 4.31 Å². The zero-order valence-corrected chi connectivity index (χ0v) is 17.7. The number of furan rings is 1. The largest absolute Gasteiger partial charge is 0.489 e. The molecule has 31 heavy (non-hydrogen) atoms. The van der Waals surface area contributed by atoms with Gasteiger partial charge in [-0.3, -0.25) is 4.79 Å². The number of rotatable bonds is 9.